The van der Waals surface area contributed by atoms with Gasteiger partial charge in [-0.1, -0.05) is 6.42 Å². The van der Waals surface area contributed by atoms with E-state index in [0.29, 0.717) is 0 Å². The number of rotatable bonds is 2. The molecule has 0 radical (unpaired) electrons. The van der Waals surface area contributed by atoms with Crippen LogP contribution in [0.3, 0.4) is 0 Å². The zero-order chi connectivity index (χ0) is 13.6. The summed E-state index contributed by atoms with van der Waals surface area (Å²) in [5.74, 6) is -3.17. The first-order valence-electron chi connectivity index (χ1n) is 6.63. The van der Waals surface area contributed by atoms with Crippen LogP contribution in [0.4, 0.5) is 0 Å². The van der Waals surface area contributed by atoms with E-state index < -0.39 is 23.8 Å². The summed E-state index contributed by atoms with van der Waals surface area (Å²) in [7, 11) is 1.46. The van der Waals surface area contributed by atoms with E-state index in [0.717, 1.165) is 25.7 Å². The minimum Gasteiger partial charge on any atom is -0.331 e. The molecular weight excluding hydrogens is 256 g/mol. The van der Waals surface area contributed by atoms with Crippen LogP contribution in [0.25, 0.3) is 0 Å². The molecule has 110 valence electrons. The molecule has 19 heavy (non-hydrogen) atoms. The maximum Gasteiger partial charge on any atom is 0.303 e. The molecule has 1 unspecified atom stereocenters. The van der Waals surface area contributed by atoms with Crippen LogP contribution in [-0.2, 0) is 33.8 Å². The Morgan fingerprint density at radius 3 is 2.32 bits per heavy atom. The molecule has 0 amide bonds. The van der Waals surface area contributed by atoms with Gasteiger partial charge in [0.05, 0.1) is 0 Å². The highest BCUT2D eigenvalue weighted by molar-refractivity contribution is 4.89. The summed E-state index contributed by atoms with van der Waals surface area (Å²) in [6.45, 7) is 2.46. The summed E-state index contributed by atoms with van der Waals surface area (Å²) in [5.41, 5.74) is 0. The Hall–Kier alpha value is -0.280. The minimum absolute atomic E-state index is 0.701. The second kappa shape index (κ2) is 4.63. The Bertz CT molecular complexity index is 343. The Labute approximate surface area is 111 Å². The van der Waals surface area contributed by atoms with Crippen molar-refractivity contribution in [3.8, 4) is 0 Å². The topological polar surface area (TPSA) is 64.6 Å². The fourth-order valence-corrected chi connectivity index (χ4v) is 2.61. The van der Waals surface area contributed by atoms with Gasteiger partial charge in [0.25, 0.3) is 11.6 Å². The van der Waals surface area contributed by atoms with E-state index >= 15 is 0 Å². The molecule has 3 rings (SSSR count). The van der Waals surface area contributed by atoms with E-state index in [1.165, 1.54) is 13.5 Å². The predicted octanol–water partition coefficient (Wildman–Crippen LogP) is 1.97. The molecule has 3 atom stereocenters. The lowest BCUT2D eigenvalue weighted by Crippen LogP contribution is -2.53. The lowest BCUT2D eigenvalue weighted by atomic mass is 9.94. The van der Waals surface area contributed by atoms with Crippen molar-refractivity contribution in [3.63, 3.8) is 0 Å². The van der Waals surface area contributed by atoms with Gasteiger partial charge < -0.3 is 9.47 Å². The van der Waals surface area contributed by atoms with Crippen LogP contribution in [0, 0.1) is 0 Å². The van der Waals surface area contributed by atoms with Crippen LogP contribution < -0.4 is 0 Å². The first-order valence-corrected chi connectivity index (χ1v) is 6.63. The van der Waals surface area contributed by atoms with E-state index in [4.69, 9.17) is 33.8 Å². The number of ether oxygens (including phenoxy) is 3. The fraction of sp³-hybridized carbons (Fsp3) is 1.00. The lowest BCUT2D eigenvalue weighted by Gasteiger charge is -2.35. The van der Waals surface area contributed by atoms with E-state index in [1.54, 1.807) is 13.8 Å². The molecule has 2 aliphatic heterocycles. The largest absolute Gasteiger partial charge is 0.331 e. The van der Waals surface area contributed by atoms with Crippen molar-refractivity contribution in [2.75, 3.05) is 7.11 Å². The molecule has 0 aromatic heterocycles. The van der Waals surface area contributed by atoms with Gasteiger partial charge in [0.2, 0.25) is 5.79 Å². The maximum atomic E-state index is 6.03. The lowest BCUT2D eigenvalue weighted by molar-refractivity contribution is -0.437. The van der Waals surface area contributed by atoms with Crippen molar-refractivity contribution in [2.24, 2.45) is 0 Å². The standard InChI is InChI=1S/C12H20O7/c1-10(14-9(13-3)15-17-10)11(2)16-12(19-18-11)7-5-4-6-8-12/h9H,4-8H2,1-3H3/t9?,10-,11-/m0/s1. The van der Waals surface area contributed by atoms with Crippen LogP contribution in [0.5, 0.6) is 0 Å². The molecule has 1 saturated carbocycles. The van der Waals surface area contributed by atoms with Crippen LogP contribution in [-0.4, -0.2) is 30.9 Å². The first-order chi connectivity index (χ1) is 9.01. The van der Waals surface area contributed by atoms with Crippen LogP contribution in [0.1, 0.15) is 46.0 Å². The third-order valence-corrected chi connectivity index (χ3v) is 3.97. The van der Waals surface area contributed by atoms with Gasteiger partial charge >= 0.3 is 6.48 Å². The quantitative estimate of drug-likeness (QED) is 0.714. The van der Waals surface area contributed by atoms with Crippen molar-refractivity contribution in [1.82, 2.24) is 0 Å². The molecule has 7 nitrogen and oxygen atoms in total. The van der Waals surface area contributed by atoms with E-state index in [-0.39, 0.29) is 0 Å². The molecule has 1 aliphatic carbocycles. The second-order valence-electron chi connectivity index (χ2n) is 5.45. The van der Waals surface area contributed by atoms with Gasteiger partial charge in [0.15, 0.2) is 0 Å². The summed E-state index contributed by atoms with van der Waals surface area (Å²) in [6.07, 6.45) is 4.88. The van der Waals surface area contributed by atoms with Crippen molar-refractivity contribution >= 4 is 0 Å². The zero-order valence-electron chi connectivity index (χ0n) is 11.5. The van der Waals surface area contributed by atoms with Crippen molar-refractivity contribution in [3.05, 3.63) is 0 Å². The monoisotopic (exact) mass is 276 g/mol. The molecule has 7 heteroatoms. The molecule has 2 saturated heterocycles. The number of hydrogen-bond donors (Lipinski definition) is 0. The normalized spacial score (nSPS) is 45.9. The smallest absolute Gasteiger partial charge is 0.303 e. The maximum absolute atomic E-state index is 6.03. The average molecular weight is 276 g/mol. The minimum atomic E-state index is -1.26. The summed E-state index contributed by atoms with van der Waals surface area (Å²) >= 11 is 0. The summed E-state index contributed by atoms with van der Waals surface area (Å²) in [4.78, 5) is 21.0. The predicted molar refractivity (Wildman–Crippen MR) is 59.9 cm³/mol. The third kappa shape index (κ3) is 2.19. The molecule has 0 aromatic carbocycles. The summed E-state index contributed by atoms with van der Waals surface area (Å²) in [5, 5.41) is 0. The van der Waals surface area contributed by atoms with Gasteiger partial charge in [0, 0.05) is 20.0 Å². The summed E-state index contributed by atoms with van der Waals surface area (Å²) < 4.78 is 16.5. The third-order valence-electron chi connectivity index (χ3n) is 3.97. The Morgan fingerprint density at radius 2 is 1.68 bits per heavy atom. The molecule has 0 bridgehead atoms. The van der Waals surface area contributed by atoms with Gasteiger partial charge in [-0.3, -0.25) is 4.74 Å². The van der Waals surface area contributed by atoms with Gasteiger partial charge in [-0.05, 0) is 26.7 Å². The molecule has 3 aliphatic rings. The molecule has 2 heterocycles. The second-order valence-corrected chi connectivity index (χ2v) is 5.45. The van der Waals surface area contributed by atoms with E-state index in [2.05, 4.69) is 0 Å². The zero-order valence-corrected chi connectivity index (χ0v) is 11.5. The molecule has 3 fully saturated rings. The van der Waals surface area contributed by atoms with Gasteiger partial charge in [-0.2, -0.15) is 19.6 Å². The fourth-order valence-electron chi connectivity index (χ4n) is 2.61. The molecule has 0 aromatic rings. The highest BCUT2D eigenvalue weighted by atomic mass is 17.4. The summed E-state index contributed by atoms with van der Waals surface area (Å²) in [6, 6.07) is 0. The average Bonchev–Trinajstić information content (AvgIpc) is 2.95. The Kier molecular flexibility index (Phi) is 3.33. The highest BCUT2D eigenvalue weighted by Crippen LogP contribution is 2.49. The van der Waals surface area contributed by atoms with Crippen LogP contribution in [0.2, 0.25) is 0 Å². The number of methoxy groups -OCH3 is 1. The van der Waals surface area contributed by atoms with E-state index in [1.807, 2.05) is 0 Å². The molecule has 1 spiro atoms. The molecular formula is C12H20O7. The van der Waals surface area contributed by atoms with Crippen molar-refractivity contribution in [2.45, 2.75) is 69.8 Å². The van der Waals surface area contributed by atoms with E-state index in [9.17, 15) is 0 Å². The first kappa shape index (κ1) is 13.7. The Balaban J connectivity index is 1.74. The van der Waals surface area contributed by atoms with Gasteiger partial charge in [-0.15, -0.1) is 0 Å². The van der Waals surface area contributed by atoms with Crippen molar-refractivity contribution < 1.29 is 33.8 Å². The Morgan fingerprint density at radius 1 is 0.947 bits per heavy atom. The SMILES string of the molecule is COC1OO[C@@](C)([C@]2(C)OOC3(CCCCC3)O2)O1. The van der Waals surface area contributed by atoms with Crippen LogP contribution in [0.15, 0.2) is 0 Å². The highest BCUT2D eigenvalue weighted by Gasteiger charge is 2.65. The number of hydrogen-bond acceptors (Lipinski definition) is 7. The molecule has 0 N–H and O–H groups in total. The van der Waals surface area contributed by atoms with Crippen molar-refractivity contribution in [1.29, 1.82) is 0 Å². The van der Waals surface area contributed by atoms with Crippen LogP contribution >= 0.6 is 0 Å². The van der Waals surface area contributed by atoms with Gasteiger partial charge in [-0.25, -0.2) is 0 Å². The van der Waals surface area contributed by atoms with Gasteiger partial charge in [0.1, 0.15) is 0 Å².